The van der Waals surface area contributed by atoms with Gasteiger partial charge >= 0.3 is 0 Å². The van der Waals surface area contributed by atoms with Gasteiger partial charge in [0.15, 0.2) is 18.1 Å². The standard InChI is InChI=1S/C11H14N3O2S.HI/c1-14-5-2-4-9(8-14)10-11(13-17-12-10)16-7-3-6-15;/h2,4-5,8,15H,3,6-7H2,1H3;1H/q+1;/p-1. The highest BCUT2D eigenvalue weighted by Gasteiger charge is 2.13. The Morgan fingerprint density at radius 1 is 1.44 bits per heavy atom. The van der Waals surface area contributed by atoms with Gasteiger partial charge in [-0.3, -0.25) is 0 Å². The van der Waals surface area contributed by atoms with Crippen LogP contribution in [0.2, 0.25) is 0 Å². The predicted octanol–water partition coefficient (Wildman–Crippen LogP) is -2.21. The largest absolute Gasteiger partial charge is 1.00 e. The lowest BCUT2D eigenvalue weighted by atomic mass is 10.2. The SMILES string of the molecule is C[n+]1cccc(-c2nsnc2OCCCO)c1.[I-]. The number of aryl methyl sites for hydroxylation is 1. The molecule has 0 amide bonds. The molecule has 0 fully saturated rings. The third-order valence-corrected chi connectivity index (χ3v) is 2.72. The van der Waals surface area contributed by atoms with Crippen molar-refractivity contribution in [2.24, 2.45) is 7.05 Å². The van der Waals surface area contributed by atoms with E-state index in [0.29, 0.717) is 18.9 Å². The van der Waals surface area contributed by atoms with Crippen molar-refractivity contribution >= 4 is 11.7 Å². The first kappa shape index (κ1) is 15.3. The van der Waals surface area contributed by atoms with Crippen LogP contribution < -0.4 is 33.3 Å². The fourth-order valence-electron chi connectivity index (χ4n) is 1.41. The number of pyridine rings is 1. The summed E-state index contributed by atoms with van der Waals surface area (Å²) in [5.74, 6) is 0.537. The number of halogens is 1. The summed E-state index contributed by atoms with van der Waals surface area (Å²) in [6.45, 7) is 0.571. The molecule has 0 spiro atoms. The lowest BCUT2D eigenvalue weighted by Crippen LogP contribution is -3.00. The predicted molar refractivity (Wildman–Crippen MR) is 63.7 cm³/mol. The zero-order valence-corrected chi connectivity index (χ0v) is 12.9. The van der Waals surface area contributed by atoms with Crippen LogP contribution in [0.25, 0.3) is 11.3 Å². The molecule has 1 N–H and O–H groups in total. The third-order valence-electron chi connectivity index (χ3n) is 2.21. The van der Waals surface area contributed by atoms with Crippen LogP contribution in [0.3, 0.4) is 0 Å². The van der Waals surface area contributed by atoms with Gasteiger partial charge in [0.1, 0.15) is 7.05 Å². The fourth-order valence-corrected chi connectivity index (χ4v) is 1.93. The molecule has 0 saturated heterocycles. The summed E-state index contributed by atoms with van der Waals surface area (Å²) in [6, 6.07) is 3.92. The molecule has 0 aromatic carbocycles. The molecule has 18 heavy (non-hydrogen) atoms. The minimum atomic E-state index is 0. The number of hydrogen-bond acceptors (Lipinski definition) is 5. The van der Waals surface area contributed by atoms with E-state index in [1.54, 1.807) is 0 Å². The maximum Gasteiger partial charge on any atom is 0.254 e. The monoisotopic (exact) mass is 379 g/mol. The van der Waals surface area contributed by atoms with Crippen molar-refractivity contribution < 1.29 is 38.4 Å². The molecular formula is C11H14IN3O2S. The Hall–Kier alpha value is -0.800. The number of hydrogen-bond donors (Lipinski definition) is 1. The van der Waals surface area contributed by atoms with Gasteiger partial charge in [-0.1, -0.05) is 0 Å². The average molecular weight is 379 g/mol. The Bertz CT molecular complexity index is 493. The van der Waals surface area contributed by atoms with Gasteiger partial charge in [-0.2, -0.15) is 4.37 Å². The molecule has 0 unspecified atom stereocenters. The molecule has 2 aromatic rings. The zero-order chi connectivity index (χ0) is 12.1. The van der Waals surface area contributed by atoms with Gasteiger partial charge in [0.05, 0.1) is 23.9 Å². The van der Waals surface area contributed by atoms with Gasteiger partial charge < -0.3 is 33.8 Å². The van der Waals surface area contributed by atoms with Crippen LogP contribution in [0.5, 0.6) is 5.88 Å². The second kappa shape index (κ2) is 7.59. The Balaban J connectivity index is 0.00000162. The van der Waals surface area contributed by atoms with Crippen molar-refractivity contribution in [1.29, 1.82) is 0 Å². The highest BCUT2D eigenvalue weighted by atomic mass is 127. The molecule has 0 aliphatic rings. The summed E-state index contributed by atoms with van der Waals surface area (Å²) in [5, 5.41) is 8.70. The minimum Gasteiger partial charge on any atom is -1.00 e. The Labute approximate surface area is 127 Å². The number of aliphatic hydroxyl groups excluding tert-OH is 1. The quantitative estimate of drug-likeness (QED) is 0.364. The van der Waals surface area contributed by atoms with Crippen LogP contribution >= 0.6 is 11.7 Å². The molecule has 0 atom stereocenters. The number of aromatic nitrogens is 3. The van der Waals surface area contributed by atoms with Crippen LogP contribution in [0.15, 0.2) is 24.5 Å². The molecule has 0 bridgehead atoms. The van der Waals surface area contributed by atoms with Crippen molar-refractivity contribution in [1.82, 2.24) is 8.75 Å². The Morgan fingerprint density at radius 3 is 3.00 bits per heavy atom. The Kier molecular flexibility index (Phi) is 6.44. The fraction of sp³-hybridized carbons (Fsp3) is 0.364. The first-order chi connectivity index (χ1) is 8.31. The highest BCUT2D eigenvalue weighted by molar-refractivity contribution is 6.99. The smallest absolute Gasteiger partial charge is 0.254 e. The van der Waals surface area contributed by atoms with E-state index in [-0.39, 0.29) is 30.6 Å². The van der Waals surface area contributed by atoms with Crippen molar-refractivity contribution in [3.63, 3.8) is 0 Å². The van der Waals surface area contributed by atoms with Gasteiger partial charge in [0, 0.05) is 19.1 Å². The van der Waals surface area contributed by atoms with E-state index in [1.165, 1.54) is 0 Å². The lowest BCUT2D eigenvalue weighted by Gasteiger charge is -2.02. The van der Waals surface area contributed by atoms with E-state index in [2.05, 4.69) is 8.75 Å². The van der Waals surface area contributed by atoms with Crippen LogP contribution in [-0.4, -0.2) is 27.1 Å². The van der Waals surface area contributed by atoms with Gasteiger partial charge in [-0.15, -0.1) is 4.37 Å². The van der Waals surface area contributed by atoms with E-state index in [1.807, 2.05) is 36.1 Å². The van der Waals surface area contributed by atoms with Crippen molar-refractivity contribution in [2.45, 2.75) is 6.42 Å². The third kappa shape index (κ3) is 3.85. The molecule has 0 radical (unpaired) electrons. The Morgan fingerprint density at radius 2 is 2.28 bits per heavy atom. The molecule has 5 nitrogen and oxygen atoms in total. The van der Waals surface area contributed by atoms with Crippen LogP contribution in [0, 0.1) is 0 Å². The van der Waals surface area contributed by atoms with E-state index < -0.39 is 0 Å². The summed E-state index contributed by atoms with van der Waals surface area (Å²) in [5.41, 5.74) is 1.73. The highest BCUT2D eigenvalue weighted by Crippen LogP contribution is 2.26. The summed E-state index contributed by atoms with van der Waals surface area (Å²) in [6.07, 6.45) is 4.52. The number of ether oxygens (including phenoxy) is 1. The lowest BCUT2D eigenvalue weighted by molar-refractivity contribution is -0.671. The van der Waals surface area contributed by atoms with E-state index in [9.17, 15) is 0 Å². The van der Waals surface area contributed by atoms with Crippen molar-refractivity contribution in [3.05, 3.63) is 24.5 Å². The molecule has 2 aromatic heterocycles. The van der Waals surface area contributed by atoms with Crippen LogP contribution in [0.1, 0.15) is 6.42 Å². The molecular weight excluding hydrogens is 365 g/mol. The first-order valence-corrected chi connectivity index (χ1v) is 6.06. The van der Waals surface area contributed by atoms with Crippen molar-refractivity contribution in [2.75, 3.05) is 13.2 Å². The van der Waals surface area contributed by atoms with Crippen LogP contribution in [0.4, 0.5) is 0 Å². The molecule has 98 valence electrons. The summed E-state index contributed by atoms with van der Waals surface area (Å²) in [7, 11) is 1.95. The molecule has 7 heteroatoms. The summed E-state index contributed by atoms with van der Waals surface area (Å²) in [4.78, 5) is 0. The van der Waals surface area contributed by atoms with E-state index >= 15 is 0 Å². The van der Waals surface area contributed by atoms with Gasteiger partial charge in [-0.25, -0.2) is 4.57 Å². The zero-order valence-electron chi connectivity index (χ0n) is 9.91. The maximum atomic E-state index is 8.70. The summed E-state index contributed by atoms with van der Waals surface area (Å²) < 4.78 is 15.8. The average Bonchev–Trinajstić information content (AvgIpc) is 2.78. The van der Waals surface area contributed by atoms with Gasteiger partial charge in [0.2, 0.25) is 0 Å². The van der Waals surface area contributed by atoms with E-state index in [0.717, 1.165) is 23.0 Å². The number of rotatable bonds is 5. The van der Waals surface area contributed by atoms with Gasteiger partial charge in [0.25, 0.3) is 5.88 Å². The molecule has 2 rings (SSSR count). The topological polar surface area (TPSA) is 59.1 Å². The minimum absolute atomic E-state index is 0. The summed E-state index contributed by atoms with van der Waals surface area (Å²) >= 11 is 1.13. The maximum absolute atomic E-state index is 8.70. The molecule has 0 saturated carbocycles. The van der Waals surface area contributed by atoms with Crippen molar-refractivity contribution in [3.8, 4) is 17.1 Å². The van der Waals surface area contributed by atoms with Gasteiger partial charge in [-0.05, 0) is 6.07 Å². The van der Waals surface area contributed by atoms with E-state index in [4.69, 9.17) is 9.84 Å². The molecule has 2 heterocycles. The normalized spacial score (nSPS) is 9.89. The first-order valence-electron chi connectivity index (χ1n) is 5.33. The molecule has 0 aliphatic heterocycles. The van der Waals surface area contributed by atoms with Crippen LogP contribution in [-0.2, 0) is 7.05 Å². The number of nitrogens with zero attached hydrogens (tertiary/aromatic N) is 3. The second-order valence-corrected chi connectivity index (χ2v) is 4.13. The number of aliphatic hydroxyl groups is 1. The molecule has 0 aliphatic carbocycles. The second-order valence-electron chi connectivity index (χ2n) is 3.60.